The first-order valence-electron chi connectivity index (χ1n) is 7.68. The van der Waals surface area contributed by atoms with Crippen molar-refractivity contribution in [3.63, 3.8) is 0 Å². The second kappa shape index (κ2) is 7.52. The molecule has 3 rings (SSSR count). The number of aldehydes is 1. The number of pyridine rings is 1. The summed E-state index contributed by atoms with van der Waals surface area (Å²) in [4.78, 5) is 29.4. The molecule has 1 aromatic rings. The lowest BCUT2D eigenvalue weighted by Gasteiger charge is -2.22. The lowest BCUT2D eigenvalue weighted by atomic mass is 9.87. The minimum atomic E-state index is -0.467. The number of likely N-dealkylation sites (tertiary alicyclic amines) is 1. The highest BCUT2D eigenvalue weighted by atomic mass is 127. The monoisotopic (exact) mass is 442 g/mol. The summed E-state index contributed by atoms with van der Waals surface area (Å²) in [5.74, 6) is -0.550. The normalized spacial score (nSPS) is 23.7. The molecule has 0 saturated carbocycles. The van der Waals surface area contributed by atoms with Gasteiger partial charge in [-0.15, -0.1) is 0 Å². The molecule has 1 aromatic heterocycles. The fraction of sp³-hybridized carbons (Fsp3) is 0.353. The van der Waals surface area contributed by atoms with Crippen LogP contribution >= 0.6 is 23.0 Å². The van der Waals surface area contributed by atoms with Gasteiger partial charge in [-0.2, -0.15) is 0 Å². The van der Waals surface area contributed by atoms with Gasteiger partial charge in [0.25, 0.3) is 5.91 Å². The smallest absolute Gasteiger partial charge is 0.272 e. The predicted molar refractivity (Wildman–Crippen MR) is 93.9 cm³/mol. The molecule has 1 fully saturated rings. The van der Waals surface area contributed by atoms with Crippen molar-refractivity contribution >= 4 is 35.2 Å². The number of amides is 1. The van der Waals surface area contributed by atoms with Gasteiger partial charge in [-0.25, -0.2) is 9.37 Å². The van der Waals surface area contributed by atoms with E-state index in [0.717, 1.165) is 30.9 Å². The van der Waals surface area contributed by atoms with E-state index in [1.165, 1.54) is 12.1 Å². The van der Waals surface area contributed by atoms with Gasteiger partial charge < -0.3 is 7.97 Å². The average Bonchev–Trinajstić information content (AvgIpc) is 3.11. The fourth-order valence-corrected chi connectivity index (χ4v) is 3.51. The summed E-state index contributed by atoms with van der Waals surface area (Å²) in [7, 11) is 0. The fourth-order valence-electron chi connectivity index (χ4n) is 3.16. The van der Waals surface area contributed by atoms with Crippen LogP contribution in [0.15, 0.2) is 41.6 Å². The highest BCUT2D eigenvalue weighted by Crippen LogP contribution is 2.32. The molecule has 0 bridgehead atoms. The Morgan fingerprint density at radius 2 is 2.29 bits per heavy atom. The number of hydrogen-bond acceptors (Lipinski definition) is 4. The quantitative estimate of drug-likeness (QED) is 0.532. The molecule has 0 aromatic carbocycles. The molecule has 1 aliphatic carbocycles. The van der Waals surface area contributed by atoms with E-state index in [0.29, 0.717) is 18.7 Å². The lowest BCUT2D eigenvalue weighted by molar-refractivity contribution is -0.104. The second-order valence-electron chi connectivity index (χ2n) is 5.86. The van der Waals surface area contributed by atoms with Gasteiger partial charge in [0.1, 0.15) is 40.8 Å². The third-order valence-corrected chi connectivity index (χ3v) is 5.03. The van der Waals surface area contributed by atoms with Crippen LogP contribution in [0.3, 0.4) is 0 Å². The van der Waals surface area contributed by atoms with Crippen molar-refractivity contribution in [3.05, 3.63) is 53.1 Å². The van der Waals surface area contributed by atoms with Crippen molar-refractivity contribution in [2.75, 3.05) is 13.1 Å². The van der Waals surface area contributed by atoms with Crippen LogP contribution in [-0.2, 0) is 7.86 Å². The zero-order valence-corrected chi connectivity index (χ0v) is 15.0. The van der Waals surface area contributed by atoms with Crippen LogP contribution in [0, 0.1) is 11.7 Å². The van der Waals surface area contributed by atoms with Crippen molar-refractivity contribution in [2.24, 2.45) is 5.92 Å². The molecular formula is C17H16FIN2O3. The molecular weight excluding hydrogens is 426 g/mol. The van der Waals surface area contributed by atoms with Crippen LogP contribution in [0.25, 0.3) is 0 Å². The van der Waals surface area contributed by atoms with Crippen LogP contribution in [0.2, 0.25) is 0 Å². The molecule has 0 N–H and O–H groups in total. The number of nitrogens with zero attached hydrogens (tertiary/aromatic N) is 2. The van der Waals surface area contributed by atoms with Gasteiger partial charge in [0.2, 0.25) is 0 Å². The summed E-state index contributed by atoms with van der Waals surface area (Å²) in [6.45, 7) is 1.13. The Hall–Kier alpha value is -1.61. The maximum atomic E-state index is 12.9. The third kappa shape index (κ3) is 3.56. The standard InChI is InChI=1S/C17H16FIN2O3/c18-13-1-4-16(20-8-13)17(23)21-6-5-11(9-21)15-3-2-14(24-19)7-12(15)10-22/h1,3-4,7-8,10-11,14H,2,5-6,9H2. The van der Waals surface area contributed by atoms with Gasteiger partial charge in [0.05, 0.1) is 12.3 Å². The van der Waals surface area contributed by atoms with E-state index in [9.17, 15) is 14.0 Å². The first kappa shape index (κ1) is 17.2. The Balaban J connectivity index is 1.70. The first-order chi connectivity index (χ1) is 11.6. The Kier molecular flexibility index (Phi) is 5.40. The number of carbonyl (C=O) groups excluding carboxylic acids is 2. The minimum absolute atomic E-state index is 0.0860. The van der Waals surface area contributed by atoms with E-state index in [2.05, 4.69) is 4.98 Å². The first-order valence-corrected chi connectivity index (χ1v) is 8.56. The maximum absolute atomic E-state index is 12.9. The Labute approximate surface area is 153 Å². The van der Waals surface area contributed by atoms with Crippen molar-refractivity contribution in [1.82, 2.24) is 9.88 Å². The Morgan fingerprint density at radius 3 is 2.96 bits per heavy atom. The van der Waals surface area contributed by atoms with Gasteiger partial charge in [-0.3, -0.25) is 9.59 Å². The third-order valence-electron chi connectivity index (χ3n) is 4.37. The van der Waals surface area contributed by atoms with Gasteiger partial charge in [-0.1, -0.05) is 6.08 Å². The lowest BCUT2D eigenvalue weighted by Crippen LogP contribution is -2.30. The number of halogens is 2. The van der Waals surface area contributed by atoms with Gasteiger partial charge >= 0.3 is 0 Å². The van der Waals surface area contributed by atoms with Crippen LogP contribution in [0.1, 0.15) is 23.3 Å². The molecule has 0 radical (unpaired) electrons. The van der Waals surface area contributed by atoms with E-state index in [1.807, 2.05) is 35.2 Å². The number of carbonyl (C=O) groups is 2. The molecule has 1 amide bonds. The molecule has 126 valence electrons. The largest absolute Gasteiger partial charge is 0.337 e. The van der Waals surface area contributed by atoms with E-state index in [-0.39, 0.29) is 23.6 Å². The summed E-state index contributed by atoms with van der Waals surface area (Å²) >= 11 is 1.83. The number of rotatable bonds is 4. The Bertz CT molecular complexity index is 702. The van der Waals surface area contributed by atoms with Gasteiger partial charge in [0.15, 0.2) is 0 Å². The van der Waals surface area contributed by atoms with E-state index in [1.54, 1.807) is 4.90 Å². The van der Waals surface area contributed by atoms with Crippen LogP contribution in [0.5, 0.6) is 0 Å². The predicted octanol–water partition coefficient (Wildman–Crippen LogP) is 2.87. The van der Waals surface area contributed by atoms with Crippen molar-refractivity contribution in [2.45, 2.75) is 18.9 Å². The van der Waals surface area contributed by atoms with Crippen molar-refractivity contribution in [3.8, 4) is 0 Å². The molecule has 2 unspecified atom stereocenters. The molecule has 2 aliphatic rings. The summed E-state index contributed by atoms with van der Waals surface area (Å²) in [5, 5.41) is 0. The molecule has 1 aliphatic heterocycles. The minimum Gasteiger partial charge on any atom is -0.337 e. The van der Waals surface area contributed by atoms with Crippen molar-refractivity contribution in [1.29, 1.82) is 0 Å². The summed E-state index contributed by atoms with van der Waals surface area (Å²) in [5.41, 5.74) is 1.86. The maximum Gasteiger partial charge on any atom is 0.272 e. The SMILES string of the molecule is O=CC1=CC(OI)CC=C1C1CCN(C(=O)c2ccc(F)cn2)C1. The second-order valence-corrected chi connectivity index (χ2v) is 6.37. The van der Waals surface area contributed by atoms with Crippen LogP contribution < -0.4 is 0 Å². The molecule has 7 heteroatoms. The average molecular weight is 442 g/mol. The summed E-state index contributed by atoms with van der Waals surface area (Å²) in [6.07, 6.45) is 7.18. The van der Waals surface area contributed by atoms with E-state index >= 15 is 0 Å². The van der Waals surface area contributed by atoms with Crippen LogP contribution in [0.4, 0.5) is 4.39 Å². The summed E-state index contributed by atoms with van der Waals surface area (Å²) < 4.78 is 18.2. The molecule has 24 heavy (non-hydrogen) atoms. The molecule has 5 nitrogen and oxygen atoms in total. The molecule has 1 saturated heterocycles. The topological polar surface area (TPSA) is 59.5 Å². The summed E-state index contributed by atoms with van der Waals surface area (Å²) in [6, 6.07) is 2.62. The zero-order chi connectivity index (χ0) is 17.1. The zero-order valence-electron chi connectivity index (χ0n) is 12.8. The van der Waals surface area contributed by atoms with E-state index < -0.39 is 5.82 Å². The highest BCUT2D eigenvalue weighted by Gasteiger charge is 2.32. The van der Waals surface area contributed by atoms with Gasteiger partial charge in [-0.05, 0) is 36.6 Å². The van der Waals surface area contributed by atoms with Crippen molar-refractivity contribution < 1.29 is 17.0 Å². The molecule has 0 spiro atoms. The number of allylic oxidation sites excluding steroid dienone is 1. The highest BCUT2D eigenvalue weighted by molar-refractivity contribution is 14.1. The Morgan fingerprint density at radius 1 is 1.46 bits per heavy atom. The van der Waals surface area contributed by atoms with Crippen LogP contribution in [-0.4, -0.2) is 41.3 Å². The molecule has 2 heterocycles. The number of hydrogen-bond donors (Lipinski definition) is 0. The number of aromatic nitrogens is 1. The molecule has 2 atom stereocenters. The van der Waals surface area contributed by atoms with Gasteiger partial charge in [0, 0.05) is 24.6 Å². The van der Waals surface area contributed by atoms with E-state index in [4.69, 9.17) is 3.07 Å².